The molecule has 5 heteroatoms. The molecule has 0 aromatic rings. The predicted octanol–water partition coefficient (Wildman–Crippen LogP) is 0.634. The molecular weight excluding hydrogens is 244 g/mol. The van der Waals surface area contributed by atoms with Crippen molar-refractivity contribution in [3.05, 3.63) is 0 Å². The number of nitrogens with two attached hydrogens (primary N) is 1. The molecule has 0 rings (SSSR count). The quantitative estimate of drug-likeness (QED) is 0.496. The number of carbonyl (C=O) groups is 1. The van der Waals surface area contributed by atoms with Gasteiger partial charge in [0.25, 0.3) is 0 Å². The molecule has 0 bridgehead atoms. The summed E-state index contributed by atoms with van der Waals surface area (Å²) in [5, 5.41) is 21.9. The molecule has 1 unspecified atom stereocenters. The minimum atomic E-state index is -0.835. The number of amides is 1. The lowest BCUT2D eigenvalue weighted by Crippen LogP contribution is -2.45. The number of carbonyl (C=O) groups excluding carboxylic acids is 1. The molecule has 0 saturated heterocycles. The molecule has 114 valence electrons. The molecular formula is C14H30N2O3. The fourth-order valence-electron chi connectivity index (χ4n) is 1.96. The highest BCUT2D eigenvalue weighted by atomic mass is 16.3. The lowest BCUT2D eigenvalue weighted by Gasteiger charge is -2.24. The largest absolute Gasteiger partial charge is 0.394 e. The second kappa shape index (κ2) is 9.28. The highest BCUT2D eigenvalue weighted by Gasteiger charge is 2.22. The Morgan fingerprint density at radius 1 is 1.32 bits per heavy atom. The summed E-state index contributed by atoms with van der Waals surface area (Å²) in [5.41, 5.74) is 5.84. The topological polar surface area (TPSA) is 95.6 Å². The van der Waals surface area contributed by atoms with E-state index >= 15 is 0 Å². The second-order valence-corrected chi connectivity index (χ2v) is 5.81. The van der Waals surface area contributed by atoms with Gasteiger partial charge in [0.05, 0.1) is 25.2 Å². The van der Waals surface area contributed by atoms with Crippen molar-refractivity contribution >= 4 is 5.91 Å². The van der Waals surface area contributed by atoms with Crippen LogP contribution >= 0.6 is 0 Å². The number of aliphatic hydroxyl groups excluding tert-OH is 2. The van der Waals surface area contributed by atoms with Gasteiger partial charge in [-0.3, -0.25) is 4.79 Å². The van der Waals surface area contributed by atoms with Crippen LogP contribution in [0, 0.1) is 11.8 Å². The number of hydrogen-bond donors (Lipinski definition) is 4. The van der Waals surface area contributed by atoms with E-state index in [-0.39, 0.29) is 36.9 Å². The van der Waals surface area contributed by atoms with E-state index < -0.39 is 6.10 Å². The van der Waals surface area contributed by atoms with Crippen molar-refractivity contribution in [3.8, 4) is 0 Å². The maximum Gasteiger partial charge on any atom is 0.222 e. The smallest absolute Gasteiger partial charge is 0.222 e. The summed E-state index contributed by atoms with van der Waals surface area (Å²) < 4.78 is 0. The minimum absolute atomic E-state index is 0.0131. The van der Waals surface area contributed by atoms with Crippen molar-refractivity contribution in [2.75, 3.05) is 6.61 Å². The van der Waals surface area contributed by atoms with E-state index in [0.29, 0.717) is 12.3 Å². The Hall–Kier alpha value is -0.650. The third kappa shape index (κ3) is 7.50. The molecule has 19 heavy (non-hydrogen) atoms. The van der Waals surface area contributed by atoms with Crippen LogP contribution in [0.5, 0.6) is 0 Å². The van der Waals surface area contributed by atoms with Crippen molar-refractivity contribution in [3.63, 3.8) is 0 Å². The molecule has 5 nitrogen and oxygen atoms in total. The van der Waals surface area contributed by atoms with Crippen LogP contribution in [0.25, 0.3) is 0 Å². The van der Waals surface area contributed by atoms with E-state index in [1.54, 1.807) is 0 Å². The molecule has 0 aliphatic carbocycles. The highest BCUT2D eigenvalue weighted by molar-refractivity contribution is 5.76. The molecule has 1 amide bonds. The fourth-order valence-corrected chi connectivity index (χ4v) is 1.96. The van der Waals surface area contributed by atoms with Gasteiger partial charge in [0, 0.05) is 6.04 Å². The third-order valence-electron chi connectivity index (χ3n) is 3.51. The first-order chi connectivity index (χ1) is 8.81. The lowest BCUT2D eigenvalue weighted by atomic mass is 9.97. The maximum atomic E-state index is 11.8. The van der Waals surface area contributed by atoms with Gasteiger partial charge >= 0.3 is 0 Å². The van der Waals surface area contributed by atoms with Gasteiger partial charge in [-0.25, -0.2) is 0 Å². The summed E-state index contributed by atoms with van der Waals surface area (Å²) in [6.45, 7) is 7.94. The Morgan fingerprint density at radius 3 is 2.32 bits per heavy atom. The Labute approximate surface area is 116 Å². The normalized spacial score (nSPS) is 17.9. The molecule has 0 spiro atoms. The summed E-state index contributed by atoms with van der Waals surface area (Å²) in [5.74, 6) is 0.333. The summed E-state index contributed by atoms with van der Waals surface area (Å²) in [4.78, 5) is 11.8. The first-order valence-electron chi connectivity index (χ1n) is 7.15. The SMILES string of the molecule is CCC(C)[C@@H](CO)NC(=O)C[C@H](O)[C@@H](N)CC(C)C. The molecule has 5 N–H and O–H groups in total. The summed E-state index contributed by atoms with van der Waals surface area (Å²) >= 11 is 0. The summed E-state index contributed by atoms with van der Waals surface area (Å²) in [6, 6.07) is -0.645. The third-order valence-corrected chi connectivity index (χ3v) is 3.51. The zero-order chi connectivity index (χ0) is 15.0. The first-order valence-corrected chi connectivity index (χ1v) is 7.15. The van der Waals surface area contributed by atoms with Crippen LogP contribution in [-0.4, -0.2) is 40.9 Å². The van der Waals surface area contributed by atoms with Gasteiger partial charge in [0.15, 0.2) is 0 Å². The Bertz CT molecular complexity index is 259. The van der Waals surface area contributed by atoms with Crippen LogP contribution in [0.1, 0.15) is 47.0 Å². The van der Waals surface area contributed by atoms with Gasteiger partial charge in [0.2, 0.25) is 5.91 Å². The lowest BCUT2D eigenvalue weighted by molar-refractivity contribution is -0.124. The van der Waals surface area contributed by atoms with E-state index in [0.717, 1.165) is 6.42 Å². The van der Waals surface area contributed by atoms with E-state index in [4.69, 9.17) is 5.73 Å². The van der Waals surface area contributed by atoms with Gasteiger partial charge in [-0.1, -0.05) is 34.1 Å². The van der Waals surface area contributed by atoms with Crippen molar-refractivity contribution < 1.29 is 15.0 Å². The van der Waals surface area contributed by atoms with Crippen LogP contribution < -0.4 is 11.1 Å². The Balaban J connectivity index is 4.21. The van der Waals surface area contributed by atoms with E-state index in [1.807, 2.05) is 27.7 Å². The number of nitrogens with one attached hydrogen (secondary N) is 1. The Morgan fingerprint density at radius 2 is 1.89 bits per heavy atom. The first kappa shape index (κ1) is 18.4. The van der Waals surface area contributed by atoms with E-state index in [9.17, 15) is 15.0 Å². The van der Waals surface area contributed by atoms with E-state index in [2.05, 4.69) is 5.32 Å². The van der Waals surface area contributed by atoms with Crippen molar-refractivity contribution in [2.24, 2.45) is 17.6 Å². The molecule has 0 radical (unpaired) electrons. The molecule has 0 saturated carbocycles. The molecule has 0 heterocycles. The van der Waals surface area contributed by atoms with Gasteiger partial charge in [0.1, 0.15) is 0 Å². The van der Waals surface area contributed by atoms with Crippen LogP contribution in [0.15, 0.2) is 0 Å². The van der Waals surface area contributed by atoms with Gasteiger partial charge in [-0.05, 0) is 18.3 Å². The average molecular weight is 274 g/mol. The van der Waals surface area contributed by atoms with Crippen molar-refractivity contribution in [1.29, 1.82) is 0 Å². The number of rotatable bonds is 9. The van der Waals surface area contributed by atoms with E-state index in [1.165, 1.54) is 0 Å². The monoisotopic (exact) mass is 274 g/mol. The molecule has 0 aromatic carbocycles. The molecule has 0 aliphatic heterocycles. The van der Waals surface area contributed by atoms with Crippen molar-refractivity contribution in [1.82, 2.24) is 5.32 Å². The zero-order valence-electron chi connectivity index (χ0n) is 12.6. The van der Waals surface area contributed by atoms with Crippen LogP contribution in [-0.2, 0) is 4.79 Å². The molecule has 0 fully saturated rings. The van der Waals surface area contributed by atoms with Crippen LogP contribution in [0.2, 0.25) is 0 Å². The standard InChI is InChI=1S/C14H30N2O3/c1-5-10(4)12(8-17)16-14(19)7-13(18)11(15)6-9(2)3/h9-13,17-18H,5-8,15H2,1-4H3,(H,16,19)/t10?,11-,12+,13-/m0/s1. The second-order valence-electron chi connectivity index (χ2n) is 5.81. The van der Waals surface area contributed by atoms with Gasteiger partial charge in [-0.15, -0.1) is 0 Å². The van der Waals surface area contributed by atoms with Crippen molar-refractivity contribution in [2.45, 2.75) is 65.1 Å². The highest BCUT2D eigenvalue weighted by Crippen LogP contribution is 2.10. The molecule has 0 aromatic heterocycles. The summed E-state index contributed by atoms with van der Waals surface area (Å²) in [7, 11) is 0. The molecule has 0 aliphatic rings. The van der Waals surface area contributed by atoms with Gasteiger partial charge < -0.3 is 21.3 Å². The Kier molecular flexibility index (Phi) is 8.97. The summed E-state index contributed by atoms with van der Waals surface area (Å²) in [6.07, 6.45) is 0.712. The average Bonchev–Trinajstić information content (AvgIpc) is 2.33. The van der Waals surface area contributed by atoms with Gasteiger partial charge in [-0.2, -0.15) is 0 Å². The predicted molar refractivity (Wildman–Crippen MR) is 76.5 cm³/mol. The van der Waals surface area contributed by atoms with Crippen LogP contribution in [0.3, 0.4) is 0 Å². The maximum absolute atomic E-state index is 11.8. The number of hydrogen-bond acceptors (Lipinski definition) is 4. The minimum Gasteiger partial charge on any atom is -0.394 e. The number of aliphatic hydroxyl groups is 2. The fraction of sp³-hybridized carbons (Fsp3) is 0.929. The molecule has 4 atom stereocenters. The van der Waals surface area contributed by atoms with Crippen LogP contribution in [0.4, 0.5) is 0 Å². The zero-order valence-corrected chi connectivity index (χ0v) is 12.6.